The minimum atomic E-state index is -1.44. The minimum Gasteiger partial charge on any atom is -0.595 e. The van der Waals surface area contributed by atoms with Crippen LogP contribution in [0.4, 0.5) is 21.9 Å². The number of hydrogen-bond donors (Lipinski definition) is 5. The van der Waals surface area contributed by atoms with Gasteiger partial charge in [-0.2, -0.15) is 10.5 Å². The second-order valence-corrected chi connectivity index (χ2v) is 3.18. The van der Waals surface area contributed by atoms with Crippen LogP contribution in [0.2, 0.25) is 0 Å². The summed E-state index contributed by atoms with van der Waals surface area (Å²) in [7, 11) is 0. The first-order valence-electron chi connectivity index (χ1n) is 5.00. The molecule has 0 radical (unpaired) electrons. The zero-order valence-electron chi connectivity index (χ0n) is 9.47. The van der Waals surface area contributed by atoms with Gasteiger partial charge in [-0.1, -0.05) is 6.07 Å². The molecule has 9 nitrogen and oxygen atoms in total. The van der Waals surface area contributed by atoms with Crippen molar-refractivity contribution in [2.24, 2.45) is 0 Å². The van der Waals surface area contributed by atoms with Crippen molar-refractivity contribution >= 4 is 23.2 Å². The Morgan fingerprint density at radius 2 is 2.06 bits per heavy atom. The van der Waals surface area contributed by atoms with Crippen molar-refractivity contribution in [2.45, 2.75) is 6.92 Å². The molecule has 100 valence electrons. The molecule has 0 aliphatic heterocycles. The van der Waals surface area contributed by atoms with Gasteiger partial charge in [0.1, 0.15) is 5.69 Å². The van der Waals surface area contributed by atoms with Gasteiger partial charge < -0.3 is 15.2 Å². The van der Waals surface area contributed by atoms with Gasteiger partial charge in [-0.15, -0.1) is 0 Å². The Kier molecular flexibility index (Phi) is 4.97. The third kappa shape index (κ3) is 3.37. The number of nitrogens with one attached hydrogen (secondary N) is 3. The van der Waals surface area contributed by atoms with Gasteiger partial charge in [-0.25, -0.2) is 15.2 Å². The molecular weight excluding hydrogens is 246 g/mol. The van der Waals surface area contributed by atoms with E-state index >= 15 is 0 Å². The summed E-state index contributed by atoms with van der Waals surface area (Å²) in [6.07, 6.45) is -0.845. The van der Waals surface area contributed by atoms with Gasteiger partial charge in [0.15, 0.2) is 0 Å². The van der Waals surface area contributed by atoms with Crippen LogP contribution < -0.4 is 15.8 Å². The lowest BCUT2D eigenvalue weighted by Crippen LogP contribution is -3.04. The SMILES string of the molecule is CCOC(=O)Nc1cccc([NH+]([O-])O)c1[NH+]([O-])O. The topological polar surface area (TPSA) is 134 Å². The molecule has 0 saturated heterocycles. The van der Waals surface area contributed by atoms with E-state index < -0.39 is 27.9 Å². The zero-order chi connectivity index (χ0) is 13.7. The Hall–Kier alpha value is -1.75. The fourth-order valence-electron chi connectivity index (χ4n) is 1.34. The number of quaternary nitrogens is 2. The third-order valence-electron chi connectivity index (χ3n) is 2.02. The molecule has 2 unspecified atom stereocenters. The van der Waals surface area contributed by atoms with E-state index in [2.05, 4.69) is 10.1 Å². The van der Waals surface area contributed by atoms with Gasteiger partial charge in [-0.05, 0) is 13.0 Å². The lowest BCUT2D eigenvalue weighted by Gasteiger charge is -2.20. The number of hydrogen-bond acceptors (Lipinski definition) is 6. The Balaban J connectivity index is 3.11. The number of carbonyl (C=O) groups excluding carboxylic acids is 1. The van der Waals surface area contributed by atoms with Gasteiger partial charge in [-0.3, -0.25) is 5.32 Å². The first-order chi connectivity index (χ1) is 8.47. The molecule has 1 aromatic rings. The smallest absolute Gasteiger partial charge is 0.411 e. The highest BCUT2D eigenvalue weighted by atomic mass is 16.8. The first-order valence-corrected chi connectivity index (χ1v) is 5.00. The number of ether oxygens (including phenoxy) is 1. The number of rotatable bonds is 4. The summed E-state index contributed by atoms with van der Waals surface area (Å²) >= 11 is 0. The maximum atomic E-state index is 11.2. The lowest BCUT2D eigenvalue weighted by molar-refractivity contribution is -1.01. The molecule has 0 bridgehead atoms. The van der Waals surface area contributed by atoms with Crippen LogP contribution in [0.5, 0.6) is 0 Å². The van der Waals surface area contributed by atoms with Crippen LogP contribution in [0, 0.1) is 10.4 Å². The molecule has 9 heteroatoms. The predicted octanol–water partition coefficient (Wildman–Crippen LogP) is -0.938. The third-order valence-corrected chi connectivity index (χ3v) is 2.02. The molecule has 0 spiro atoms. The summed E-state index contributed by atoms with van der Waals surface area (Å²) in [5.74, 6) is 0. The first kappa shape index (κ1) is 14.3. The normalized spacial score (nSPS) is 13.8. The molecule has 0 fully saturated rings. The molecule has 1 aromatic carbocycles. The molecule has 1 amide bonds. The van der Waals surface area contributed by atoms with Crippen molar-refractivity contribution in [2.75, 3.05) is 11.9 Å². The van der Waals surface area contributed by atoms with Gasteiger partial charge in [0.05, 0.1) is 6.61 Å². The van der Waals surface area contributed by atoms with E-state index in [4.69, 9.17) is 10.4 Å². The van der Waals surface area contributed by atoms with Gasteiger partial charge in [0, 0.05) is 6.07 Å². The molecule has 1 rings (SSSR count). The minimum absolute atomic E-state index is 0.118. The predicted molar refractivity (Wildman–Crippen MR) is 58.6 cm³/mol. The van der Waals surface area contributed by atoms with E-state index in [9.17, 15) is 15.2 Å². The highest BCUT2D eigenvalue weighted by molar-refractivity contribution is 5.89. The van der Waals surface area contributed by atoms with E-state index in [0.717, 1.165) is 6.07 Å². The van der Waals surface area contributed by atoms with Crippen LogP contribution in [-0.4, -0.2) is 23.1 Å². The molecule has 0 saturated carbocycles. The standard InChI is InChI=1S/C9H13N3O6/c1-2-18-9(13)10-6-4-3-5-7(11(14)15)8(6)12(16)17/h3-5,11-12,14,16H,2H2,1H3,(H,10,13). The van der Waals surface area contributed by atoms with Crippen LogP contribution in [0.25, 0.3) is 0 Å². The largest absolute Gasteiger partial charge is 0.595 e. The van der Waals surface area contributed by atoms with Crippen molar-refractivity contribution in [3.63, 3.8) is 0 Å². The molecule has 0 aliphatic carbocycles. The summed E-state index contributed by atoms with van der Waals surface area (Å²) in [6, 6.07) is 3.76. The quantitative estimate of drug-likeness (QED) is 0.443. The Morgan fingerprint density at radius 3 is 2.56 bits per heavy atom. The summed E-state index contributed by atoms with van der Waals surface area (Å²) in [5.41, 5.74) is -1.02. The fraction of sp³-hybridized carbons (Fsp3) is 0.222. The van der Waals surface area contributed by atoms with Crippen LogP contribution in [-0.2, 0) is 4.74 Å². The number of para-hydroxylation sites is 1. The van der Waals surface area contributed by atoms with Gasteiger partial charge in [0.25, 0.3) is 5.69 Å². The molecular formula is C9H13N3O6. The van der Waals surface area contributed by atoms with Crippen molar-refractivity contribution in [1.29, 1.82) is 0 Å². The highest BCUT2D eigenvalue weighted by Gasteiger charge is 2.22. The van der Waals surface area contributed by atoms with E-state index in [0.29, 0.717) is 0 Å². The maximum Gasteiger partial charge on any atom is 0.411 e. The molecule has 0 aliphatic rings. The van der Waals surface area contributed by atoms with Gasteiger partial charge >= 0.3 is 6.09 Å². The van der Waals surface area contributed by atoms with Gasteiger partial charge in [0.2, 0.25) is 5.69 Å². The maximum absolute atomic E-state index is 11.2. The zero-order valence-corrected chi connectivity index (χ0v) is 9.47. The number of anilines is 1. The van der Waals surface area contributed by atoms with Crippen molar-refractivity contribution in [3.05, 3.63) is 28.6 Å². The van der Waals surface area contributed by atoms with E-state index in [1.54, 1.807) is 6.92 Å². The van der Waals surface area contributed by atoms with E-state index in [-0.39, 0.29) is 12.3 Å². The second kappa shape index (κ2) is 6.26. The van der Waals surface area contributed by atoms with E-state index in [1.165, 1.54) is 12.1 Å². The molecule has 2 atom stereocenters. The average molecular weight is 259 g/mol. The highest BCUT2D eigenvalue weighted by Crippen LogP contribution is 2.24. The Morgan fingerprint density at radius 1 is 1.39 bits per heavy atom. The fourth-order valence-corrected chi connectivity index (χ4v) is 1.34. The van der Waals surface area contributed by atoms with Crippen molar-refractivity contribution in [1.82, 2.24) is 0 Å². The summed E-state index contributed by atoms with van der Waals surface area (Å²) in [5, 5.41) is 39.1. The Labute approximate surface area is 102 Å². The Bertz CT molecular complexity index is 423. The van der Waals surface area contributed by atoms with Crippen molar-refractivity contribution < 1.29 is 30.4 Å². The molecule has 0 heterocycles. The summed E-state index contributed by atoms with van der Waals surface area (Å²) < 4.78 is 4.59. The summed E-state index contributed by atoms with van der Waals surface area (Å²) in [6.45, 7) is 1.71. The number of benzene rings is 1. The average Bonchev–Trinajstić information content (AvgIpc) is 2.28. The van der Waals surface area contributed by atoms with Crippen LogP contribution >= 0.6 is 0 Å². The molecule has 18 heavy (non-hydrogen) atoms. The molecule has 5 N–H and O–H groups in total. The monoisotopic (exact) mass is 259 g/mol. The number of carbonyl (C=O) groups is 1. The van der Waals surface area contributed by atoms with E-state index in [1.807, 2.05) is 0 Å². The lowest BCUT2D eigenvalue weighted by atomic mass is 10.2. The van der Waals surface area contributed by atoms with Crippen molar-refractivity contribution in [3.8, 4) is 0 Å². The summed E-state index contributed by atoms with van der Waals surface area (Å²) in [4.78, 5) is 11.2. The van der Waals surface area contributed by atoms with Crippen LogP contribution in [0.1, 0.15) is 6.92 Å². The van der Waals surface area contributed by atoms with Crippen LogP contribution in [0.15, 0.2) is 18.2 Å². The van der Waals surface area contributed by atoms with Crippen LogP contribution in [0.3, 0.4) is 0 Å². The number of amides is 1. The second-order valence-electron chi connectivity index (χ2n) is 3.18. The molecule has 0 aromatic heterocycles.